The molecule has 0 aliphatic heterocycles. The van der Waals surface area contributed by atoms with E-state index >= 15 is 0 Å². The first-order valence-electron chi connectivity index (χ1n) is 6.28. The molecule has 0 heterocycles. The second kappa shape index (κ2) is 3.46. The summed E-state index contributed by atoms with van der Waals surface area (Å²) in [4.78, 5) is 0. The summed E-state index contributed by atoms with van der Waals surface area (Å²) >= 11 is 0. The van der Waals surface area contributed by atoms with Crippen molar-refractivity contribution in [2.45, 2.75) is 31.1 Å². The van der Waals surface area contributed by atoms with Crippen molar-refractivity contribution in [1.29, 1.82) is 0 Å². The van der Waals surface area contributed by atoms with Crippen LogP contribution in [-0.2, 0) is 10.8 Å². The average Bonchev–Trinajstić information content (AvgIpc) is 2.97. The Morgan fingerprint density at radius 3 is 1.35 bits per heavy atom. The summed E-state index contributed by atoms with van der Waals surface area (Å²) in [7, 11) is 0. The average molecular weight is 222 g/mol. The van der Waals surface area contributed by atoms with Crippen LogP contribution in [0, 0.1) is 0 Å². The largest absolute Gasteiger partial charge is 0.0622 e. The van der Waals surface area contributed by atoms with Crippen molar-refractivity contribution in [2.24, 2.45) is 0 Å². The van der Waals surface area contributed by atoms with Gasteiger partial charge in [0.05, 0.1) is 0 Å². The summed E-state index contributed by atoms with van der Waals surface area (Å²) in [6.45, 7) is 4.77. The highest BCUT2D eigenvalue weighted by atomic mass is 14.6. The molecule has 1 fully saturated rings. The maximum absolute atomic E-state index is 2.38. The number of rotatable bonds is 2. The van der Waals surface area contributed by atoms with E-state index in [-0.39, 0.29) is 0 Å². The Balaban J connectivity index is 2.00. The number of hydrogen-bond donors (Lipinski definition) is 0. The molecule has 0 nitrogen and oxygen atoms in total. The van der Waals surface area contributed by atoms with Crippen molar-refractivity contribution in [2.75, 3.05) is 0 Å². The second-order valence-electron chi connectivity index (χ2n) is 5.57. The van der Waals surface area contributed by atoms with E-state index in [1.165, 1.54) is 17.5 Å². The van der Waals surface area contributed by atoms with Gasteiger partial charge in [-0.05, 0) is 17.5 Å². The zero-order chi connectivity index (χ0) is 11.9. The SMILES string of the molecule is CC1(c2ccccc2)CC1(C)c1ccccc1. The Morgan fingerprint density at radius 2 is 1.00 bits per heavy atom. The van der Waals surface area contributed by atoms with Crippen LogP contribution in [0.1, 0.15) is 31.4 Å². The molecule has 0 saturated heterocycles. The van der Waals surface area contributed by atoms with E-state index in [0.29, 0.717) is 10.8 Å². The molecule has 0 amide bonds. The molecule has 2 aromatic carbocycles. The molecule has 0 bridgehead atoms. The zero-order valence-electron chi connectivity index (χ0n) is 10.5. The molecule has 0 radical (unpaired) electrons. The van der Waals surface area contributed by atoms with Crippen LogP contribution in [0.2, 0.25) is 0 Å². The lowest BCUT2D eigenvalue weighted by Gasteiger charge is -2.19. The maximum Gasteiger partial charge on any atom is 0.00279 e. The van der Waals surface area contributed by atoms with Crippen molar-refractivity contribution in [3.05, 3.63) is 71.8 Å². The highest BCUT2D eigenvalue weighted by Gasteiger charge is 2.62. The smallest absolute Gasteiger partial charge is 0.00279 e. The molecule has 2 atom stereocenters. The van der Waals surface area contributed by atoms with E-state index in [1.54, 1.807) is 0 Å². The highest BCUT2D eigenvalue weighted by molar-refractivity contribution is 5.47. The van der Waals surface area contributed by atoms with Crippen molar-refractivity contribution >= 4 is 0 Å². The number of benzene rings is 2. The molecule has 2 aromatic rings. The van der Waals surface area contributed by atoms with Crippen LogP contribution < -0.4 is 0 Å². The van der Waals surface area contributed by atoms with E-state index < -0.39 is 0 Å². The van der Waals surface area contributed by atoms with Gasteiger partial charge in [0.2, 0.25) is 0 Å². The first-order valence-corrected chi connectivity index (χ1v) is 6.28. The lowest BCUT2D eigenvalue weighted by molar-refractivity contribution is 0.620. The molecule has 1 saturated carbocycles. The van der Waals surface area contributed by atoms with Gasteiger partial charge in [-0.3, -0.25) is 0 Å². The monoisotopic (exact) mass is 222 g/mol. The van der Waals surface area contributed by atoms with Crippen molar-refractivity contribution < 1.29 is 0 Å². The minimum absolute atomic E-state index is 0.301. The van der Waals surface area contributed by atoms with E-state index in [4.69, 9.17) is 0 Å². The predicted octanol–water partition coefficient (Wildman–Crippen LogP) is 4.31. The fourth-order valence-electron chi connectivity index (χ4n) is 3.12. The Kier molecular flexibility index (Phi) is 2.16. The summed E-state index contributed by atoms with van der Waals surface area (Å²) in [5.41, 5.74) is 3.53. The highest BCUT2D eigenvalue weighted by Crippen LogP contribution is 2.64. The first kappa shape index (κ1) is 10.6. The molecule has 0 aromatic heterocycles. The molecule has 17 heavy (non-hydrogen) atoms. The van der Waals surface area contributed by atoms with Gasteiger partial charge in [0, 0.05) is 10.8 Å². The van der Waals surface area contributed by atoms with Crippen LogP contribution >= 0.6 is 0 Å². The fraction of sp³-hybridized carbons (Fsp3) is 0.294. The van der Waals surface area contributed by atoms with E-state index in [0.717, 1.165) is 0 Å². The van der Waals surface area contributed by atoms with E-state index in [2.05, 4.69) is 74.5 Å². The van der Waals surface area contributed by atoms with Gasteiger partial charge in [-0.1, -0.05) is 74.5 Å². The summed E-state index contributed by atoms with van der Waals surface area (Å²) in [5, 5.41) is 0. The van der Waals surface area contributed by atoms with E-state index in [9.17, 15) is 0 Å². The third-order valence-electron chi connectivity index (χ3n) is 4.62. The Hall–Kier alpha value is -1.56. The van der Waals surface area contributed by atoms with Crippen LogP contribution in [0.25, 0.3) is 0 Å². The predicted molar refractivity (Wildman–Crippen MR) is 72.2 cm³/mol. The zero-order valence-corrected chi connectivity index (χ0v) is 10.5. The van der Waals surface area contributed by atoms with Gasteiger partial charge in [0.15, 0.2) is 0 Å². The summed E-state index contributed by atoms with van der Waals surface area (Å²) in [6, 6.07) is 21.8. The molecule has 2 unspecified atom stereocenters. The lowest BCUT2D eigenvalue weighted by atomic mass is 9.84. The molecular formula is C17H18. The van der Waals surface area contributed by atoms with Gasteiger partial charge in [-0.15, -0.1) is 0 Å². The van der Waals surface area contributed by atoms with Gasteiger partial charge in [0.25, 0.3) is 0 Å². The minimum atomic E-state index is 0.301. The minimum Gasteiger partial charge on any atom is -0.0622 e. The summed E-state index contributed by atoms with van der Waals surface area (Å²) < 4.78 is 0. The molecule has 3 rings (SSSR count). The molecule has 1 aliphatic carbocycles. The van der Waals surface area contributed by atoms with Crippen molar-refractivity contribution in [3.8, 4) is 0 Å². The summed E-state index contributed by atoms with van der Waals surface area (Å²) in [5.74, 6) is 0. The topological polar surface area (TPSA) is 0 Å². The fourth-order valence-corrected chi connectivity index (χ4v) is 3.12. The maximum atomic E-state index is 2.38. The molecule has 0 spiro atoms. The van der Waals surface area contributed by atoms with Crippen LogP contribution in [0.3, 0.4) is 0 Å². The third-order valence-corrected chi connectivity index (χ3v) is 4.62. The number of hydrogen-bond acceptors (Lipinski definition) is 0. The van der Waals surface area contributed by atoms with Crippen molar-refractivity contribution in [3.63, 3.8) is 0 Å². The van der Waals surface area contributed by atoms with E-state index in [1.807, 2.05) is 0 Å². The second-order valence-corrected chi connectivity index (χ2v) is 5.57. The molecule has 1 aliphatic rings. The van der Waals surface area contributed by atoms with Gasteiger partial charge >= 0.3 is 0 Å². The van der Waals surface area contributed by atoms with Crippen LogP contribution in [-0.4, -0.2) is 0 Å². The standard InChI is InChI=1S/C17H18/c1-16(14-9-5-3-6-10-14)13-17(16,2)15-11-7-4-8-12-15/h3-12H,13H2,1-2H3. The Bertz CT molecular complexity index is 465. The van der Waals surface area contributed by atoms with Gasteiger partial charge in [-0.2, -0.15) is 0 Å². The van der Waals surface area contributed by atoms with Gasteiger partial charge in [-0.25, -0.2) is 0 Å². The molecule has 0 heteroatoms. The van der Waals surface area contributed by atoms with Gasteiger partial charge in [0.1, 0.15) is 0 Å². The molecular weight excluding hydrogens is 204 g/mol. The van der Waals surface area contributed by atoms with Crippen LogP contribution in [0.4, 0.5) is 0 Å². The van der Waals surface area contributed by atoms with Gasteiger partial charge < -0.3 is 0 Å². The lowest BCUT2D eigenvalue weighted by Crippen LogP contribution is -2.15. The summed E-state index contributed by atoms with van der Waals surface area (Å²) in [6.07, 6.45) is 1.24. The third kappa shape index (κ3) is 1.44. The van der Waals surface area contributed by atoms with Crippen molar-refractivity contribution in [1.82, 2.24) is 0 Å². The molecule has 86 valence electrons. The normalized spacial score (nSPS) is 31.2. The Morgan fingerprint density at radius 1 is 0.647 bits per heavy atom. The Labute approximate surface area is 103 Å². The molecule has 0 N–H and O–H groups in total. The van der Waals surface area contributed by atoms with Crippen LogP contribution in [0.15, 0.2) is 60.7 Å². The quantitative estimate of drug-likeness (QED) is 0.710. The van der Waals surface area contributed by atoms with Crippen LogP contribution in [0.5, 0.6) is 0 Å². The first-order chi connectivity index (χ1) is 8.17.